The molecule has 1 atom stereocenters. The zero-order valence-electron chi connectivity index (χ0n) is 51.7. The second-order valence-corrected chi connectivity index (χ2v) is 23.1. The number of ether oxygens (including phenoxy) is 3. The number of hydrogen-bond acceptors (Lipinski definition) is 6. The van der Waals surface area contributed by atoms with E-state index in [0.29, 0.717) is 19.3 Å². The van der Waals surface area contributed by atoms with E-state index in [0.717, 1.165) is 83.5 Å². The van der Waals surface area contributed by atoms with Gasteiger partial charge in [0, 0.05) is 19.3 Å². The highest BCUT2D eigenvalue weighted by Gasteiger charge is 2.19. The van der Waals surface area contributed by atoms with Crippen molar-refractivity contribution >= 4 is 17.9 Å². The lowest BCUT2D eigenvalue weighted by molar-refractivity contribution is -0.167. The van der Waals surface area contributed by atoms with Crippen molar-refractivity contribution in [3.05, 3.63) is 48.6 Å². The minimum atomic E-state index is -0.773. The molecule has 0 aliphatic carbocycles. The molecule has 0 aliphatic rings. The first-order chi connectivity index (χ1) is 38.0. The van der Waals surface area contributed by atoms with Crippen LogP contribution in [0.1, 0.15) is 367 Å². The maximum atomic E-state index is 12.8. The molecule has 0 aromatic heterocycles. The highest BCUT2D eigenvalue weighted by atomic mass is 16.6. The van der Waals surface area contributed by atoms with Gasteiger partial charge in [-0.05, 0) is 83.5 Å². The summed E-state index contributed by atoms with van der Waals surface area (Å²) in [7, 11) is 0. The Hall–Kier alpha value is -2.63. The van der Waals surface area contributed by atoms with Gasteiger partial charge in [0.15, 0.2) is 6.10 Å². The maximum absolute atomic E-state index is 12.8. The average molecular weight is 1080 g/mol. The lowest BCUT2D eigenvalue weighted by Crippen LogP contribution is -2.30. The molecule has 0 heterocycles. The van der Waals surface area contributed by atoms with Crippen molar-refractivity contribution in [1.82, 2.24) is 0 Å². The van der Waals surface area contributed by atoms with Gasteiger partial charge in [-0.25, -0.2) is 0 Å². The van der Waals surface area contributed by atoms with Crippen LogP contribution in [0.3, 0.4) is 0 Å². The Labute approximate surface area is 479 Å². The van der Waals surface area contributed by atoms with Crippen molar-refractivity contribution in [3.63, 3.8) is 0 Å². The van der Waals surface area contributed by atoms with E-state index in [1.807, 2.05) is 0 Å². The van der Waals surface area contributed by atoms with Crippen LogP contribution < -0.4 is 0 Å². The standard InChI is InChI=1S/C71H130O6/c1-4-7-10-13-15-17-19-21-23-25-27-29-31-32-33-34-35-36-37-38-40-41-43-45-47-49-51-53-55-58-61-64-70(73)76-67-68(66-75-69(72)63-60-57-12-9-6-3)77-71(74)65-62-59-56-54-52-50-48-46-44-42-39-30-28-26-24-22-20-18-16-14-11-8-5-2/h20,22,25-28,39,42,68H,4-19,21,23-24,29-38,40-41,43-67H2,1-3H3/b22-20-,27-25-,28-26-,42-39-. The molecule has 0 fully saturated rings. The fourth-order valence-electron chi connectivity index (χ4n) is 10.2. The first kappa shape index (κ1) is 74.4. The highest BCUT2D eigenvalue weighted by Crippen LogP contribution is 2.18. The fraction of sp³-hybridized carbons (Fsp3) is 0.845. The molecule has 0 aliphatic heterocycles. The molecule has 77 heavy (non-hydrogen) atoms. The molecule has 1 unspecified atom stereocenters. The first-order valence-corrected chi connectivity index (χ1v) is 34.1. The van der Waals surface area contributed by atoms with Crippen molar-refractivity contribution in [1.29, 1.82) is 0 Å². The smallest absolute Gasteiger partial charge is 0.306 e. The third kappa shape index (κ3) is 64.1. The maximum Gasteiger partial charge on any atom is 0.306 e. The Balaban J connectivity index is 3.95. The molecule has 0 amide bonds. The van der Waals surface area contributed by atoms with E-state index < -0.39 is 6.10 Å². The van der Waals surface area contributed by atoms with Gasteiger partial charge in [-0.3, -0.25) is 14.4 Å². The molecule has 0 spiro atoms. The molecule has 6 heteroatoms. The van der Waals surface area contributed by atoms with Crippen LogP contribution in [0, 0.1) is 0 Å². The zero-order chi connectivity index (χ0) is 55.7. The first-order valence-electron chi connectivity index (χ1n) is 34.1. The molecular weight excluding hydrogens is 949 g/mol. The highest BCUT2D eigenvalue weighted by molar-refractivity contribution is 5.71. The lowest BCUT2D eigenvalue weighted by atomic mass is 10.0. The summed E-state index contributed by atoms with van der Waals surface area (Å²) >= 11 is 0. The predicted octanol–water partition coefficient (Wildman–Crippen LogP) is 23.3. The van der Waals surface area contributed by atoms with Crippen LogP contribution in [0.2, 0.25) is 0 Å². The van der Waals surface area contributed by atoms with Crippen molar-refractivity contribution < 1.29 is 28.6 Å². The van der Waals surface area contributed by atoms with E-state index in [1.54, 1.807) is 0 Å². The largest absolute Gasteiger partial charge is 0.462 e. The average Bonchev–Trinajstić information content (AvgIpc) is 3.43. The van der Waals surface area contributed by atoms with E-state index >= 15 is 0 Å². The summed E-state index contributed by atoms with van der Waals surface area (Å²) in [6.45, 7) is 6.59. The van der Waals surface area contributed by atoms with Gasteiger partial charge in [0.1, 0.15) is 13.2 Å². The van der Waals surface area contributed by atoms with E-state index in [9.17, 15) is 14.4 Å². The monoisotopic (exact) mass is 1080 g/mol. The van der Waals surface area contributed by atoms with Crippen molar-refractivity contribution in [2.24, 2.45) is 0 Å². The Morgan fingerprint density at radius 3 is 0.740 bits per heavy atom. The number of rotatable bonds is 63. The summed E-state index contributed by atoms with van der Waals surface area (Å²) in [6, 6.07) is 0. The third-order valence-electron chi connectivity index (χ3n) is 15.3. The molecule has 0 aromatic carbocycles. The Morgan fingerprint density at radius 1 is 0.260 bits per heavy atom. The molecule has 0 saturated heterocycles. The Morgan fingerprint density at radius 2 is 0.468 bits per heavy atom. The fourth-order valence-corrected chi connectivity index (χ4v) is 10.2. The minimum Gasteiger partial charge on any atom is -0.462 e. The number of esters is 3. The summed E-state index contributed by atoms with van der Waals surface area (Å²) in [5, 5.41) is 0. The van der Waals surface area contributed by atoms with E-state index in [2.05, 4.69) is 69.4 Å². The normalized spacial score (nSPS) is 12.3. The molecule has 0 bridgehead atoms. The third-order valence-corrected chi connectivity index (χ3v) is 15.3. The predicted molar refractivity (Wildman–Crippen MR) is 335 cm³/mol. The molecule has 0 N–H and O–H groups in total. The van der Waals surface area contributed by atoms with Gasteiger partial charge in [-0.15, -0.1) is 0 Å². The zero-order valence-corrected chi connectivity index (χ0v) is 51.7. The van der Waals surface area contributed by atoms with Gasteiger partial charge < -0.3 is 14.2 Å². The molecular formula is C71H130O6. The van der Waals surface area contributed by atoms with Crippen molar-refractivity contribution in [2.75, 3.05) is 13.2 Å². The SMILES string of the molecule is CCCCCCC/C=C\C/C=C\C/C=C\CCCCCCCCCCC(=O)OC(COC(=O)CCCCCCC)COC(=O)CCCCCCCCCCCCCCCCCCCCC/C=C\CCCCCCCCCC. The second-order valence-electron chi connectivity index (χ2n) is 23.1. The number of unbranched alkanes of at least 4 members (excludes halogenated alkanes) is 44. The van der Waals surface area contributed by atoms with E-state index in [-0.39, 0.29) is 31.1 Å². The van der Waals surface area contributed by atoms with Crippen LogP contribution in [0.4, 0.5) is 0 Å². The van der Waals surface area contributed by atoms with Crippen molar-refractivity contribution in [3.8, 4) is 0 Å². The molecule has 0 rings (SSSR count). The molecule has 0 radical (unpaired) electrons. The quantitative estimate of drug-likeness (QED) is 0.0261. The Bertz CT molecular complexity index is 1330. The summed E-state index contributed by atoms with van der Waals surface area (Å²) < 4.78 is 16.8. The van der Waals surface area contributed by atoms with Gasteiger partial charge in [-0.2, -0.15) is 0 Å². The van der Waals surface area contributed by atoms with Crippen LogP contribution in [0.15, 0.2) is 48.6 Å². The summed E-state index contributed by atoms with van der Waals surface area (Å²) in [5.41, 5.74) is 0. The summed E-state index contributed by atoms with van der Waals surface area (Å²) in [4.78, 5) is 38.0. The van der Waals surface area contributed by atoms with E-state index in [4.69, 9.17) is 14.2 Å². The Kier molecular flexibility index (Phi) is 63.6. The van der Waals surface area contributed by atoms with Crippen LogP contribution in [0.25, 0.3) is 0 Å². The number of hydrogen-bond donors (Lipinski definition) is 0. The molecule has 6 nitrogen and oxygen atoms in total. The van der Waals surface area contributed by atoms with Gasteiger partial charge in [-0.1, -0.05) is 313 Å². The summed E-state index contributed by atoms with van der Waals surface area (Å²) in [6.07, 6.45) is 83.4. The van der Waals surface area contributed by atoms with Gasteiger partial charge in [0.05, 0.1) is 0 Å². The molecule has 450 valence electrons. The molecule has 0 aromatic rings. The summed E-state index contributed by atoms with van der Waals surface area (Å²) in [5.74, 6) is -0.875. The molecule has 0 saturated carbocycles. The van der Waals surface area contributed by atoms with Crippen LogP contribution >= 0.6 is 0 Å². The minimum absolute atomic E-state index is 0.0729. The van der Waals surface area contributed by atoms with Crippen LogP contribution in [-0.4, -0.2) is 37.2 Å². The number of allylic oxidation sites excluding steroid dienone is 8. The lowest BCUT2D eigenvalue weighted by Gasteiger charge is -2.18. The van der Waals surface area contributed by atoms with Gasteiger partial charge >= 0.3 is 17.9 Å². The van der Waals surface area contributed by atoms with E-state index in [1.165, 1.54) is 244 Å². The number of carbonyl (C=O) groups excluding carboxylic acids is 3. The van der Waals surface area contributed by atoms with Crippen LogP contribution in [-0.2, 0) is 28.6 Å². The van der Waals surface area contributed by atoms with Gasteiger partial charge in [0.25, 0.3) is 0 Å². The van der Waals surface area contributed by atoms with Gasteiger partial charge in [0.2, 0.25) is 0 Å². The van der Waals surface area contributed by atoms with Crippen LogP contribution in [0.5, 0.6) is 0 Å². The van der Waals surface area contributed by atoms with Crippen molar-refractivity contribution in [2.45, 2.75) is 374 Å². The topological polar surface area (TPSA) is 78.9 Å². The second kappa shape index (κ2) is 65.9. The number of carbonyl (C=O) groups is 3.